The topological polar surface area (TPSA) is 0 Å². The molecule has 0 atom stereocenters. The van der Waals surface area contributed by atoms with Crippen molar-refractivity contribution in [1.29, 1.82) is 0 Å². The first-order valence-electron chi connectivity index (χ1n) is 15.4. The summed E-state index contributed by atoms with van der Waals surface area (Å²) in [4.78, 5) is 0. The van der Waals surface area contributed by atoms with Gasteiger partial charge in [0.15, 0.2) is 0 Å². The lowest BCUT2D eigenvalue weighted by atomic mass is 9.95. The van der Waals surface area contributed by atoms with E-state index in [4.69, 9.17) is 11.1 Å². The van der Waals surface area contributed by atoms with Gasteiger partial charge in [0.1, 0.15) is 0 Å². The molecule has 44 heavy (non-hydrogen) atoms. The number of rotatable bonds is 6. The molecular formula is C42H39ClSi. The summed E-state index contributed by atoms with van der Waals surface area (Å²) in [7, 11) is -3.10. The second-order valence-electron chi connectivity index (χ2n) is 12.0. The van der Waals surface area contributed by atoms with Gasteiger partial charge in [0.25, 0.3) is 0 Å². The minimum absolute atomic E-state index is 1.23. The van der Waals surface area contributed by atoms with E-state index in [9.17, 15) is 0 Å². The fourth-order valence-electron chi connectivity index (χ4n) is 7.24. The van der Waals surface area contributed by atoms with Crippen LogP contribution in [0.5, 0.6) is 0 Å². The summed E-state index contributed by atoms with van der Waals surface area (Å²) in [5, 5.41) is 3.75. The van der Waals surface area contributed by atoms with Crippen LogP contribution in [0.2, 0.25) is 0 Å². The van der Waals surface area contributed by atoms with E-state index < -0.39 is 7.38 Å². The van der Waals surface area contributed by atoms with Gasteiger partial charge in [-0.15, -0.1) is 11.1 Å². The van der Waals surface area contributed by atoms with Crippen molar-refractivity contribution in [1.82, 2.24) is 0 Å². The predicted octanol–water partition coefficient (Wildman–Crippen LogP) is 9.74. The Balaban J connectivity index is 1.72. The standard InChI is InChI=1S/C42H39ClSi/c1-28-22-25-37(31(4)40(28)34-16-10-7-11-17-34)44(43,38-26-23-29(2)41(32(38)5)35-18-12-8-13-19-35)39-27-24-30(3)42(33(39)6)36-20-14-9-15-21-36/h7-27H,1-6H3. The SMILES string of the molecule is Cc1ccc([Si](Cl)(c2ccc(C)c(-c3ccccc3)c2C)c2ccc(C)c(-c3ccccc3)c2C)c(C)c1-c1ccccc1. The van der Waals surface area contributed by atoms with Gasteiger partial charge in [0.05, 0.1) is 0 Å². The third-order valence-corrected chi connectivity index (χ3v) is 15.0. The minimum atomic E-state index is -3.10. The van der Waals surface area contributed by atoms with E-state index in [0.717, 1.165) is 0 Å². The van der Waals surface area contributed by atoms with E-state index in [2.05, 4.69) is 169 Å². The van der Waals surface area contributed by atoms with Crippen LogP contribution in [-0.4, -0.2) is 7.38 Å². The van der Waals surface area contributed by atoms with Crippen LogP contribution in [0.3, 0.4) is 0 Å². The van der Waals surface area contributed by atoms with Crippen molar-refractivity contribution < 1.29 is 0 Å². The van der Waals surface area contributed by atoms with E-state index in [1.807, 2.05) is 0 Å². The highest BCUT2D eigenvalue weighted by atomic mass is 35.6. The Morgan fingerprint density at radius 2 is 0.591 bits per heavy atom. The van der Waals surface area contributed by atoms with Gasteiger partial charge in [0, 0.05) is 0 Å². The zero-order valence-electron chi connectivity index (χ0n) is 26.5. The summed E-state index contributed by atoms with van der Waals surface area (Å²) < 4.78 is 0. The normalized spacial score (nSPS) is 11.5. The zero-order chi connectivity index (χ0) is 31.0. The van der Waals surface area contributed by atoms with Crippen LogP contribution in [0.1, 0.15) is 33.4 Å². The Morgan fingerprint density at radius 3 is 0.841 bits per heavy atom. The van der Waals surface area contributed by atoms with Crippen LogP contribution < -0.4 is 15.6 Å². The van der Waals surface area contributed by atoms with Gasteiger partial charge in [-0.1, -0.05) is 127 Å². The molecule has 0 saturated carbocycles. The summed E-state index contributed by atoms with van der Waals surface area (Å²) in [6.45, 7) is 13.5. The molecule has 0 saturated heterocycles. The first-order chi connectivity index (χ1) is 21.2. The number of halogens is 1. The molecule has 0 aliphatic carbocycles. The van der Waals surface area contributed by atoms with E-state index in [1.54, 1.807) is 0 Å². The Bertz CT molecular complexity index is 1730. The van der Waals surface area contributed by atoms with Crippen LogP contribution in [0.4, 0.5) is 0 Å². The monoisotopic (exact) mass is 606 g/mol. The lowest BCUT2D eigenvalue weighted by Gasteiger charge is -2.34. The summed E-state index contributed by atoms with van der Waals surface area (Å²) >= 11 is 8.51. The molecule has 0 heterocycles. The molecule has 0 radical (unpaired) electrons. The molecule has 0 N–H and O–H groups in total. The largest absolute Gasteiger partial charge is 0.248 e. The Labute approximate surface area is 268 Å². The molecule has 6 aromatic rings. The molecule has 0 unspecified atom stereocenters. The van der Waals surface area contributed by atoms with E-state index in [1.165, 1.54) is 82.3 Å². The zero-order valence-corrected chi connectivity index (χ0v) is 28.3. The summed E-state index contributed by atoms with van der Waals surface area (Å²) in [5.41, 5.74) is 15.1. The van der Waals surface area contributed by atoms with Crippen LogP contribution >= 0.6 is 11.1 Å². The molecule has 6 rings (SSSR count). The molecule has 218 valence electrons. The van der Waals surface area contributed by atoms with Crippen molar-refractivity contribution in [2.24, 2.45) is 0 Å². The van der Waals surface area contributed by atoms with Gasteiger partial charge in [-0.3, -0.25) is 0 Å². The maximum Gasteiger partial charge on any atom is 0.248 e. The number of benzene rings is 6. The van der Waals surface area contributed by atoms with Gasteiger partial charge in [-0.25, -0.2) is 0 Å². The minimum Gasteiger partial charge on any atom is -0.149 e. The van der Waals surface area contributed by atoms with Gasteiger partial charge in [0.2, 0.25) is 7.38 Å². The second-order valence-corrected chi connectivity index (χ2v) is 16.7. The first kappa shape index (κ1) is 29.9. The van der Waals surface area contributed by atoms with Crippen molar-refractivity contribution in [3.05, 3.63) is 161 Å². The van der Waals surface area contributed by atoms with Crippen molar-refractivity contribution in [3.8, 4) is 33.4 Å². The van der Waals surface area contributed by atoms with Crippen molar-refractivity contribution in [3.63, 3.8) is 0 Å². The molecule has 0 aliphatic heterocycles. The molecule has 6 aromatic carbocycles. The van der Waals surface area contributed by atoms with Gasteiger partial charge < -0.3 is 0 Å². The maximum atomic E-state index is 8.51. The summed E-state index contributed by atoms with van der Waals surface area (Å²) in [6, 6.07) is 46.1. The van der Waals surface area contributed by atoms with Gasteiger partial charge in [-0.05, 0) is 124 Å². The molecule has 0 spiro atoms. The maximum absolute atomic E-state index is 8.51. The number of hydrogen-bond acceptors (Lipinski definition) is 0. The smallest absolute Gasteiger partial charge is 0.149 e. The van der Waals surface area contributed by atoms with Crippen LogP contribution in [0.25, 0.3) is 33.4 Å². The lowest BCUT2D eigenvalue weighted by Crippen LogP contribution is -2.65. The summed E-state index contributed by atoms with van der Waals surface area (Å²) in [5.74, 6) is 0. The van der Waals surface area contributed by atoms with Crippen LogP contribution in [0.15, 0.2) is 127 Å². The van der Waals surface area contributed by atoms with E-state index >= 15 is 0 Å². The molecule has 0 amide bonds. The average Bonchev–Trinajstić information content (AvgIpc) is 3.02. The quantitative estimate of drug-likeness (QED) is 0.101. The molecule has 2 heteroatoms. The third kappa shape index (κ3) is 5.05. The molecule has 0 aliphatic rings. The van der Waals surface area contributed by atoms with Crippen molar-refractivity contribution in [2.75, 3.05) is 0 Å². The van der Waals surface area contributed by atoms with Gasteiger partial charge >= 0.3 is 0 Å². The third-order valence-electron chi connectivity index (χ3n) is 9.32. The predicted molar refractivity (Wildman–Crippen MR) is 195 cm³/mol. The van der Waals surface area contributed by atoms with E-state index in [0.29, 0.717) is 0 Å². The molecule has 0 aromatic heterocycles. The van der Waals surface area contributed by atoms with Crippen molar-refractivity contribution >= 4 is 34.0 Å². The molecular weight excluding hydrogens is 568 g/mol. The Kier molecular flexibility index (Phi) is 8.20. The number of hydrogen-bond donors (Lipinski definition) is 0. The highest BCUT2D eigenvalue weighted by Crippen LogP contribution is 2.34. The first-order valence-corrected chi connectivity index (χ1v) is 18.4. The average molecular weight is 607 g/mol. The number of aryl methyl sites for hydroxylation is 3. The fourth-order valence-corrected chi connectivity index (χ4v) is 12.8. The highest BCUT2D eigenvalue weighted by Gasteiger charge is 2.43. The second kappa shape index (κ2) is 12.1. The molecule has 0 nitrogen and oxygen atoms in total. The molecule has 0 bridgehead atoms. The van der Waals surface area contributed by atoms with Crippen LogP contribution in [-0.2, 0) is 0 Å². The Hall–Kier alpha value is -4.17. The summed E-state index contributed by atoms with van der Waals surface area (Å²) in [6.07, 6.45) is 0. The molecule has 0 fully saturated rings. The highest BCUT2D eigenvalue weighted by molar-refractivity contribution is 7.40. The lowest BCUT2D eigenvalue weighted by molar-refractivity contribution is 1.38. The van der Waals surface area contributed by atoms with Crippen molar-refractivity contribution in [2.45, 2.75) is 41.5 Å². The van der Waals surface area contributed by atoms with Gasteiger partial charge in [-0.2, -0.15) is 0 Å². The van der Waals surface area contributed by atoms with Crippen LogP contribution in [0, 0.1) is 41.5 Å². The van der Waals surface area contributed by atoms with E-state index in [-0.39, 0.29) is 0 Å². The Morgan fingerprint density at radius 1 is 0.341 bits per heavy atom. The fraction of sp³-hybridized carbons (Fsp3) is 0.143.